The number of aliphatic imine (C=N–C) groups is 1. The molecule has 0 saturated carbocycles. The zero-order valence-electron chi connectivity index (χ0n) is 14.1. The second-order valence-corrected chi connectivity index (χ2v) is 5.32. The number of allylic oxidation sites excluding steroid dienone is 2. The molecule has 0 saturated heterocycles. The number of hydrogen-bond donors (Lipinski definition) is 5. The molecule has 1 aliphatic heterocycles. The number of dihydropyridines is 1. The molecule has 0 aromatic heterocycles. The minimum Gasteiger partial charge on any atom is -0.370 e. The normalized spacial score (nSPS) is 15.5. The molecule has 24 heavy (non-hydrogen) atoms. The summed E-state index contributed by atoms with van der Waals surface area (Å²) in [4.78, 5) is 27.9. The Hall–Kier alpha value is -3.03. The highest BCUT2D eigenvalue weighted by molar-refractivity contribution is 5.99. The Kier molecular flexibility index (Phi) is 6.79. The standard InChI is InChI=1S/C16H24N6O2/c1-5-9(2)11(4)21-14(23)8-19-15(24)12-6-10(3)20-13(7-12)22-16(17)18/h5-7,11,20H,3,8H2,1-2,4H3,(H,19,24)(H,21,23)(H4,17,18,22)/b9-5+. The highest BCUT2D eigenvalue weighted by Gasteiger charge is 2.15. The fraction of sp³-hybridized carbons (Fsp3) is 0.312. The van der Waals surface area contributed by atoms with E-state index in [0.717, 1.165) is 5.57 Å². The van der Waals surface area contributed by atoms with Crippen LogP contribution in [0.5, 0.6) is 0 Å². The van der Waals surface area contributed by atoms with Crippen molar-refractivity contribution in [3.63, 3.8) is 0 Å². The van der Waals surface area contributed by atoms with Gasteiger partial charge in [0.2, 0.25) is 5.91 Å². The maximum Gasteiger partial charge on any atom is 0.251 e. The van der Waals surface area contributed by atoms with E-state index in [1.807, 2.05) is 26.8 Å². The SMILES string of the molecule is C=C1C=C(C(=O)NCC(=O)NC(C)/C(C)=C/C)C=C(N=C(N)N)N1. The number of nitrogens with zero attached hydrogens (tertiary/aromatic N) is 1. The zero-order valence-corrected chi connectivity index (χ0v) is 14.1. The number of nitrogens with two attached hydrogens (primary N) is 2. The van der Waals surface area contributed by atoms with Crippen LogP contribution in [0.4, 0.5) is 0 Å². The van der Waals surface area contributed by atoms with Gasteiger partial charge in [0.05, 0.1) is 6.54 Å². The van der Waals surface area contributed by atoms with E-state index in [4.69, 9.17) is 11.5 Å². The number of carbonyl (C=O) groups is 2. The summed E-state index contributed by atoms with van der Waals surface area (Å²) in [6.07, 6.45) is 4.92. The minimum absolute atomic E-state index is 0.0920. The van der Waals surface area contributed by atoms with Crippen LogP contribution in [0.15, 0.2) is 52.5 Å². The van der Waals surface area contributed by atoms with E-state index in [-0.39, 0.29) is 24.5 Å². The van der Waals surface area contributed by atoms with Crippen LogP contribution in [-0.4, -0.2) is 30.4 Å². The van der Waals surface area contributed by atoms with Crippen molar-refractivity contribution < 1.29 is 9.59 Å². The highest BCUT2D eigenvalue weighted by atomic mass is 16.2. The summed E-state index contributed by atoms with van der Waals surface area (Å²) in [5.74, 6) is -0.546. The molecular weight excluding hydrogens is 308 g/mol. The Morgan fingerprint density at radius 2 is 2.08 bits per heavy atom. The van der Waals surface area contributed by atoms with E-state index >= 15 is 0 Å². The molecule has 1 heterocycles. The number of hydrogen-bond acceptors (Lipinski definition) is 4. The smallest absolute Gasteiger partial charge is 0.251 e. The van der Waals surface area contributed by atoms with Crippen LogP contribution in [0.1, 0.15) is 20.8 Å². The number of guanidine groups is 1. The molecule has 0 aliphatic carbocycles. The van der Waals surface area contributed by atoms with E-state index in [1.165, 1.54) is 12.2 Å². The van der Waals surface area contributed by atoms with Gasteiger partial charge in [-0.25, -0.2) is 0 Å². The summed E-state index contributed by atoms with van der Waals surface area (Å²) in [5.41, 5.74) is 12.4. The first-order valence-electron chi connectivity index (χ1n) is 7.42. The molecule has 1 atom stereocenters. The summed E-state index contributed by atoms with van der Waals surface area (Å²) < 4.78 is 0. The van der Waals surface area contributed by atoms with Crippen LogP contribution in [0.2, 0.25) is 0 Å². The molecule has 1 aliphatic rings. The summed E-state index contributed by atoms with van der Waals surface area (Å²) >= 11 is 0. The van der Waals surface area contributed by atoms with Crippen LogP contribution in [0, 0.1) is 0 Å². The van der Waals surface area contributed by atoms with E-state index in [0.29, 0.717) is 17.1 Å². The lowest BCUT2D eigenvalue weighted by Gasteiger charge is -2.16. The summed E-state index contributed by atoms with van der Waals surface area (Å²) in [6.45, 7) is 9.28. The van der Waals surface area contributed by atoms with Crippen LogP contribution in [0.25, 0.3) is 0 Å². The Morgan fingerprint density at radius 1 is 1.42 bits per heavy atom. The molecule has 0 radical (unpaired) electrons. The lowest BCUT2D eigenvalue weighted by atomic mass is 10.1. The third kappa shape index (κ3) is 5.99. The van der Waals surface area contributed by atoms with Gasteiger partial charge in [-0.3, -0.25) is 9.59 Å². The number of carbonyl (C=O) groups excluding carboxylic acids is 2. The first-order chi connectivity index (χ1) is 11.2. The molecule has 1 unspecified atom stereocenters. The fourth-order valence-corrected chi connectivity index (χ4v) is 1.86. The van der Waals surface area contributed by atoms with Crippen LogP contribution in [0.3, 0.4) is 0 Å². The zero-order chi connectivity index (χ0) is 18.3. The summed E-state index contributed by atoms with van der Waals surface area (Å²) in [7, 11) is 0. The second-order valence-electron chi connectivity index (χ2n) is 5.32. The third-order valence-electron chi connectivity index (χ3n) is 3.35. The quantitative estimate of drug-likeness (QED) is 0.259. The van der Waals surface area contributed by atoms with Crippen molar-refractivity contribution in [1.82, 2.24) is 16.0 Å². The van der Waals surface area contributed by atoms with Gasteiger partial charge in [0.15, 0.2) is 5.96 Å². The average Bonchev–Trinajstić information content (AvgIpc) is 2.50. The van der Waals surface area contributed by atoms with Crippen molar-refractivity contribution in [3.8, 4) is 0 Å². The molecule has 0 aromatic rings. The van der Waals surface area contributed by atoms with Crippen LogP contribution < -0.4 is 27.4 Å². The van der Waals surface area contributed by atoms with E-state index in [9.17, 15) is 9.59 Å². The molecule has 0 bridgehead atoms. The fourth-order valence-electron chi connectivity index (χ4n) is 1.86. The topological polar surface area (TPSA) is 135 Å². The van der Waals surface area contributed by atoms with E-state index in [1.54, 1.807) is 0 Å². The predicted molar refractivity (Wildman–Crippen MR) is 94.3 cm³/mol. The maximum atomic E-state index is 12.2. The number of rotatable bonds is 6. The Balaban J connectivity index is 2.65. The Labute approximate surface area is 141 Å². The van der Waals surface area contributed by atoms with Gasteiger partial charge in [0.25, 0.3) is 5.91 Å². The lowest BCUT2D eigenvalue weighted by molar-refractivity contribution is -0.124. The van der Waals surface area contributed by atoms with Gasteiger partial charge < -0.3 is 27.4 Å². The van der Waals surface area contributed by atoms with Crippen molar-refractivity contribution in [2.24, 2.45) is 16.5 Å². The van der Waals surface area contributed by atoms with E-state index in [2.05, 4.69) is 27.5 Å². The highest BCUT2D eigenvalue weighted by Crippen LogP contribution is 2.12. The number of amides is 2. The largest absolute Gasteiger partial charge is 0.370 e. The van der Waals surface area contributed by atoms with Gasteiger partial charge in [0, 0.05) is 17.3 Å². The van der Waals surface area contributed by atoms with E-state index < -0.39 is 5.91 Å². The molecular formula is C16H24N6O2. The molecule has 8 heteroatoms. The van der Waals surface area contributed by atoms with Gasteiger partial charge in [-0.1, -0.05) is 18.2 Å². The van der Waals surface area contributed by atoms with Gasteiger partial charge in [-0.15, -0.1) is 0 Å². The monoisotopic (exact) mass is 332 g/mol. The molecule has 1 rings (SSSR count). The van der Waals surface area contributed by atoms with Gasteiger partial charge >= 0.3 is 0 Å². The van der Waals surface area contributed by atoms with Crippen molar-refractivity contribution in [3.05, 3.63) is 47.5 Å². The average molecular weight is 332 g/mol. The van der Waals surface area contributed by atoms with Crippen molar-refractivity contribution >= 4 is 17.8 Å². The Morgan fingerprint density at radius 3 is 2.67 bits per heavy atom. The minimum atomic E-state index is -0.425. The van der Waals surface area contributed by atoms with Gasteiger partial charge in [-0.2, -0.15) is 4.99 Å². The molecule has 0 fully saturated rings. The van der Waals surface area contributed by atoms with Gasteiger partial charge in [0.1, 0.15) is 5.82 Å². The van der Waals surface area contributed by atoms with Crippen LogP contribution >= 0.6 is 0 Å². The van der Waals surface area contributed by atoms with Crippen LogP contribution in [-0.2, 0) is 9.59 Å². The van der Waals surface area contributed by atoms with Crippen molar-refractivity contribution in [2.75, 3.05) is 6.54 Å². The summed E-state index contributed by atoms with van der Waals surface area (Å²) in [5, 5.41) is 8.16. The molecule has 7 N–H and O–H groups in total. The molecule has 2 amide bonds. The lowest BCUT2D eigenvalue weighted by Crippen LogP contribution is -2.41. The molecule has 0 aromatic carbocycles. The Bertz CT molecular complexity index is 653. The number of nitrogens with one attached hydrogen (secondary N) is 3. The predicted octanol–water partition coefficient (Wildman–Crippen LogP) is -0.268. The molecule has 8 nitrogen and oxygen atoms in total. The first-order valence-corrected chi connectivity index (χ1v) is 7.42. The van der Waals surface area contributed by atoms with Gasteiger partial charge in [-0.05, 0) is 32.9 Å². The summed E-state index contributed by atoms with van der Waals surface area (Å²) in [6, 6.07) is -0.0920. The third-order valence-corrected chi connectivity index (χ3v) is 3.35. The first kappa shape index (κ1) is 19.0. The van der Waals surface area contributed by atoms with Crippen molar-refractivity contribution in [2.45, 2.75) is 26.8 Å². The van der Waals surface area contributed by atoms with Crippen molar-refractivity contribution in [1.29, 1.82) is 0 Å². The maximum absolute atomic E-state index is 12.2. The molecule has 130 valence electrons. The second kappa shape index (κ2) is 8.56. The molecule has 0 spiro atoms.